The molecule has 0 atom stereocenters. The fourth-order valence-electron chi connectivity index (χ4n) is 3.62. The second kappa shape index (κ2) is 10.5. The van der Waals surface area contributed by atoms with Gasteiger partial charge in [-0.25, -0.2) is 4.79 Å². The van der Waals surface area contributed by atoms with Gasteiger partial charge < -0.3 is 25.4 Å². The van der Waals surface area contributed by atoms with Crippen LogP contribution in [0.1, 0.15) is 15.9 Å². The van der Waals surface area contributed by atoms with E-state index in [1.807, 2.05) is 25.1 Å². The maximum atomic E-state index is 12.6. The van der Waals surface area contributed by atoms with E-state index in [-0.39, 0.29) is 23.5 Å². The number of benzene rings is 3. The van der Waals surface area contributed by atoms with Gasteiger partial charge in [0.05, 0.1) is 11.1 Å². The fourth-order valence-corrected chi connectivity index (χ4v) is 3.62. The van der Waals surface area contributed by atoms with Crippen LogP contribution in [0.3, 0.4) is 0 Å². The number of aromatic nitrogens is 1. The van der Waals surface area contributed by atoms with Crippen LogP contribution in [-0.2, 0) is 20.9 Å². The average molecular weight is 499 g/mol. The second-order valence-electron chi connectivity index (χ2n) is 8.03. The largest absolute Gasteiger partial charge is 0.493 e. The number of carboxylic acid groups (broad SMARTS) is 1. The average Bonchev–Trinajstić information content (AvgIpc) is 3.13. The highest BCUT2D eigenvalue weighted by atomic mass is 16.4. The quantitative estimate of drug-likeness (QED) is 0.229. The second-order valence-corrected chi connectivity index (χ2v) is 8.03. The smallest absolute Gasteiger partial charge is 0.353 e. The molecule has 1 heterocycles. The summed E-state index contributed by atoms with van der Waals surface area (Å²) in [4.78, 5) is 48.0. The minimum Gasteiger partial charge on any atom is -0.493 e. The van der Waals surface area contributed by atoms with Crippen molar-refractivity contribution >= 4 is 51.7 Å². The van der Waals surface area contributed by atoms with Crippen molar-refractivity contribution in [3.8, 4) is 5.88 Å². The molecular weight excluding hydrogens is 478 g/mol. The van der Waals surface area contributed by atoms with Crippen LogP contribution in [0.5, 0.6) is 5.88 Å². The first-order valence-electron chi connectivity index (χ1n) is 11.0. The van der Waals surface area contributed by atoms with Gasteiger partial charge in [0.25, 0.3) is 0 Å². The molecule has 4 N–H and O–H groups in total. The first-order valence-corrected chi connectivity index (χ1v) is 11.0. The van der Waals surface area contributed by atoms with E-state index >= 15 is 0 Å². The number of hydrogen-bond acceptors (Lipinski definition) is 6. The van der Waals surface area contributed by atoms with Crippen molar-refractivity contribution in [3.63, 3.8) is 0 Å². The van der Waals surface area contributed by atoms with Crippen molar-refractivity contribution in [1.29, 1.82) is 0 Å². The number of carboxylic acids is 1. The number of para-hydroxylation sites is 1. The molecule has 3 aromatic carbocycles. The summed E-state index contributed by atoms with van der Waals surface area (Å²) in [6.07, 6.45) is 0. The van der Waals surface area contributed by atoms with Crippen LogP contribution in [0.4, 0.5) is 17.1 Å². The van der Waals surface area contributed by atoms with E-state index in [1.165, 1.54) is 28.8 Å². The van der Waals surface area contributed by atoms with Crippen molar-refractivity contribution in [1.82, 2.24) is 4.57 Å². The standard InChI is InChI=1S/C26H21N5O6/c1-15-5-4-6-18(13-15)27-21(32)14-31-20-8-3-2-7-19(20)22(25(31)35)29-30-24(34)23(33)28-17-11-9-16(10-12-17)26(36)37/h2-13,35H,14H2,1H3,(H,27,32)(H,28,33)(H,36,37). The van der Waals surface area contributed by atoms with Crippen LogP contribution < -0.4 is 10.6 Å². The van der Waals surface area contributed by atoms with Crippen LogP contribution >= 0.6 is 0 Å². The van der Waals surface area contributed by atoms with Crippen molar-refractivity contribution in [2.75, 3.05) is 10.6 Å². The Labute approximate surface area is 210 Å². The van der Waals surface area contributed by atoms with Gasteiger partial charge in [-0.2, -0.15) is 0 Å². The number of carbonyl (C=O) groups excluding carboxylic acids is 3. The van der Waals surface area contributed by atoms with Gasteiger partial charge in [-0.3, -0.25) is 14.4 Å². The molecule has 0 saturated heterocycles. The predicted molar refractivity (Wildman–Crippen MR) is 135 cm³/mol. The molecule has 11 nitrogen and oxygen atoms in total. The van der Waals surface area contributed by atoms with Crippen LogP contribution in [0.15, 0.2) is 83.0 Å². The molecule has 11 heteroatoms. The van der Waals surface area contributed by atoms with E-state index in [9.17, 15) is 24.3 Å². The summed E-state index contributed by atoms with van der Waals surface area (Å²) in [5, 5.41) is 32.4. The van der Waals surface area contributed by atoms with E-state index in [1.54, 1.807) is 30.3 Å². The molecule has 3 amide bonds. The highest BCUT2D eigenvalue weighted by Gasteiger charge is 2.20. The zero-order valence-electron chi connectivity index (χ0n) is 19.5. The first kappa shape index (κ1) is 24.8. The van der Waals surface area contributed by atoms with Gasteiger partial charge >= 0.3 is 17.8 Å². The number of aromatic hydroxyl groups is 1. The SMILES string of the molecule is Cc1cccc(NC(=O)Cn2c(O)c(N=NC(=O)C(=O)Nc3ccc(C(=O)O)cc3)c3ccccc32)c1. The lowest BCUT2D eigenvalue weighted by Crippen LogP contribution is -2.20. The van der Waals surface area contributed by atoms with Crippen LogP contribution in [0.25, 0.3) is 10.9 Å². The maximum Gasteiger partial charge on any atom is 0.353 e. The summed E-state index contributed by atoms with van der Waals surface area (Å²) in [6.45, 7) is 1.66. The number of aromatic carboxylic acids is 1. The zero-order valence-corrected chi connectivity index (χ0v) is 19.5. The third-order valence-corrected chi connectivity index (χ3v) is 5.35. The Kier molecular flexibility index (Phi) is 7.05. The number of rotatable bonds is 6. The maximum absolute atomic E-state index is 12.6. The van der Waals surface area contributed by atoms with Gasteiger partial charge in [-0.05, 0) is 55.0 Å². The van der Waals surface area contributed by atoms with E-state index < -0.39 is 29.6 Å². The van der Waals surface area contributed by atoms with E-state index in [0.29, 0.717) is 16.6 Å². The number of nitrogens with zero attached hydrogens (tertiary/aromatic N) is 3. The third-order valence-electron chi connectivity index (χ3n) is 5.35. The Hall–Kier alpha value is -5.32. The summed E-state index contributed by atoms with van der Waals surface area (Å²) in [5.74, 6) is -4.27. The molecule has 0 spiro atoms. The van der Waals surface area contributed by atoms with E-state index in [0.717, 1.165) is 5.56 Å². The fraction of sp³-hybridized carbons (Fsp3) is 0.0769. The number of nitrogens with one attached hydrogen (secondary N) is 2. The molecule has 4 rings (SSSR count). The van der Waals surface area contributed by atoms with Crippen LogP contribution in [0.2, 0.25) is 0 Å². The molecule has 0 radical (unpaired) electrons. The van der Waals surface area contributed by atoms with Crippen LogP contribution in [-0.4, -0.2) is 38.5 Å². The molecule has 1 aromatic heterocycles. The lowest BCUT2D eigenvalue weighted by atomic mass is 10.2. The number of hydrogen-bond donors (Lipinski definition) is 4. The predicted octanol–water partition coefficient (Wildman–Crippen LogP) is 4.24. The Morgan fingerprint density at radius 3 is 2.32 bits per heavy atom. The summed E-state index contributed by atoms with van der Waals surface area (Å²) in [6, 6.07) is 19.2. The summed E-state index contributed by atoms with van der Waals surface area (Å²) >= 11 is 0. The Morgan fingerprint density at radius 2 is 1.62 bits per heavy atom. The molecule has 0 aliphatic rings. The van der Waals surface area contributed by atoms with Crippen LogP contribution in [0, 0.1) is 6.92 Å². The topological polar surface area (TPSA) is 162 Å². The number of carbonyl (C=O) groups is 4. The van der Waals surface area contributed by atoms with Crippen molar-refractivity contribution in [2.45, 2.75) is 13.5 Å². The lowest BCUT2D eigenvalue weighted by molar-refractivity contribution is -0.134. The van der Waals surface area contributed by atoms with Gasteiger partial charge in [-0.1, -0.05) is 30.3 Å². The molecule has 0 saturated carbocycles. The molecule has 37 heavy (non-hydrogen) atoms. The summed E-state index contributed by atoms with van der Waals surface area (Å²) < 4.78 is 1.32. The molecule has 4 aromatic rings. The van der Waals surface area contributed by atoms with E-state index in [4.69, 9.17) is 5.11 Å². The normalized spacial score (nSPS) is 10.9. The van der Waals surface area contributed by atoms with Crippen molar-refractivity contribution in [2.24, 2.45) is 10.2 Å². The van der Waals surface area contributed by atoms with Crippen molar-refractivity contribution < 1.29 is 29.4 Å². The molecule has 0 aliphatic carbocycles. The van der Waals surface area contributed by atoms with Gasteiger partial charge in [0.2, 0.25) is 11.8 Å². The zero-order chi connectivity index (χ0) is 26.5. The number of aryl methyl sites for hydroxylation is 1. The van der Waals surface area contributed by atoms with E-state index in [2.05, 4.69) is 20.9 Å². The number of anilines is 2. The lowest BCUT2D eigenvalue weighted by Gasteiger charge is -2.09. The molecule has 0 bridgehead atoms. The molecule has 186 valence electrons. The highest BCUT2D eigenvalue weighted by molar-refractivity contribution is 6.40. The van der Waals surface area contributed by atoms with Gasteiger partial charge in [0.1, 0.15) is 6.54 Å². The van der Waals surface area contributed by atoms with Crippen molar-refractivity contribution in [3.05, 3.63) is 83.9 Å². The number of fused-ring (bicyclic) bond motifs is 1. The monoisotopic (exact) mass is 499 g/mol. The molecule has 0 unspecified atom stereocenters. The first-order chi connectivity index (χ1) is 17.7. The van der Waals surface area contributed by atoms with Gasteiger partial charge in [0, 0.05) is 16.8 Å². The Bertz CT molecular complexity index is 1560. The third kappa shape index (κ3) is 5.68. The molecule has 0 fully saturated rings. The van der Waals surface area contributed by atoms with Gasteiger partial charge in [0.15, 0.2) is 5.69 Å². The summed E-state index contributed by atoms with van der Waals surface area (Å²) in [7, 11) is 0. The van der Waals surface area contributed by atoms with Gasteiger partial charge in [-0.15, -0.1) is 10.2 Å². The highest BCUT2D eigenvalue weighted by Crippen LogP contribution is 2.38. The Morgan fingerprint density at radius 1 is 0.892 bits per heavy atom. The minimum atomic E-state index is -1.24. The number of amides is 3. The molecule has 0 aliphatic heterocycles. The minimum absolute atomic E-state index is 0.0171. The number of azo groups is 1. The Balaban J connectivity index is 1.52. The summed E-state index contributed by atoms with van der Waals surface area (Å²) in [5.41, 5.74) is 2.19. The molecular formula is C26H21N5O6.